The van der Waals surface area contributed by atoms with Gasteiger partial charge in [-0.2, -0.15) is 5.10 Å². The summed E-state index contributed by atoms with van der Waals surface area (Å²) in [5, 5.41) is 16.3. The summed E-state index contributed by atoms with van der Waals surface area (Å²) in [7, 11) is 0. The predicted octanol–water partition coefficient (Wildman–Crippen LogP) is 2.94. The van der Waals surface area contributed by atoms with Gasteiger partial charge >= 0.3 is 0 Å². The van der Waals surface area contributed by atoms with E-state index in [-0.39, 0.29) is 5.91 Å². The molecule has 6 heteroatoms. The number of nitrogens with zero attached hydrogens (tertiary/aromatic N) is 1. The molecule has 5 N–H and O–H groups in total. The molecule has 0 radical (unpaired) electrons. The summed E-state index contributed by atoms with van der Waals surface area (Å²) >= 11 is 0. The number of nitrogens with one attached hydrogen (secondary N) is 3. The maximum absolute atomic E-state index is 13.0. The number of carbonyl (C=O) groups is 1. The standard InChI is InChI=1S/C21H21N5O/c22-9-10-23-20(16-6-5-14-3-1-2-4-15(14)11-16)21(27)25-18-7-8-19-17(12-18)13-24-26-19/h1-8,11-13,20,23H,9-10,22H2,(H,24,26)(H,25,27). The normalized spacial score (nSPS) is 12.3. The van der Waals surface area contributed by atoms with Crippen molar-refractivity contribution >= 4 is 33.3 Å². The van der Waals surface area contributed by atoms with E-state index < -0.39 is 6.04 Å². The van der Waals surface area contributed by atoms with Gasteiger partial charge in [0.25, 0.3) is 0 Å². The summed E-state index contributed by atoms with van der Waals surface area (Å²) in [5.74, 6) is -0.124. The summed E-state index contributed by atoms with van der Waals surface area (Å²) in [6.07, 6.45) is 1.73. The number of hydrogen-bond acceptors (Lipinski definition) is 4. The molecule has 0 aliphatic carbocycles. The molecule has 0 saturated heterocycles. The molecule has 3 aromatic carbocycles. The van der Waals surface area contributed by atoms with Crippen LogP contribution in [0.3, 0.4) is 0 Å². The Labute approximate surface area is 156 Å². The SMILES string of the molecule is NCCNC(C(=O)Nc1ccc2[nH]ncc2c1)c1ccc2ccccc2c1. The molecule has 0 aliphatic heterocycles. The van der Waals surface area contributed by atoms with E-state index >= 15 is 0 Å². The molecule has 1 heterocycles. The van der Waals surface area contributed by atoms with Crippen molar-refractivity contribution in [3.63, 3.8) is 0 Å². The Kier molecular flexibility index (Phi) is 4.82. The largest absolute Gasteiger partial charge is 0.329 e. The van der Waals surface area contributed by atoms with Crippen molar-refractivity contribution in [3.05, 3.63) is 72.4 Å². The third-order valence-corrected chi connectivity index (χ3v) is 4.57. The number of fused-ring (bicyclic) bond motifs is 2. The van der Waals surface area contributed by atoms with Crippen molar-refractivity contribution in [2.24, 2.45) is 5.73 Å². The van der Waals surface area contributed by atoms with Crippen LogP contribution in [0.5, 0.6) is 0 Å². The minimum Gasteiger partial charge on any atom is -0.329 e. The average Bonchev–Trinajstić information content (AvgIpc) is 3.16. The Morgan fingerprint density at radius 1 is 1.04 bits per heavy atom. The van der Waals surface area contributed by atoms with Crippen LogP contribution in [0.2, 0.25) is 0 Å². The van der Waals surface area contributed by atoms with Gasteiger partial charge in [-0.05, 0) is 40.6 Å². The van der Waals surface area contributed by atoms with E-state index in [2.05, 4.69) is 26.9 Å². The number of rotatable bonds is 6. The molecule has 1 aromatic heterocycles. The molecule has 1 unspecified atom stereocenters. The Morgan fingerprint density at radius 2 is 1.89 bits per heavy atom. The predicted molar refractivity (Wildman–Crippen MR) is 108 cm³/mol. The van der Waals surface area contributed by atoms with Gasteiger partial charge in [0, 0.05) is 24.2 Å². The molecule has 6 nitrogen and oxygen atoms in total. The number of aromatic nitrogens is 2. The molecule has 0 saturated carbocycles. The number of carbonyl (C=O) groups excluding carboxylic acids is 1. The summed E-state index contributed by atoms with van der Waals surface area (Å²) in [5.41, 5.74) is 8.21. The van der Waals surface area contributed by atoms with E-state index in [4.69, 9.17) is 5.73 Å². The van der Waals surface area contributed by atoms with Gasteiger partial charge in [-0.1, -0.05) is 36.4 Å². The number of anilines is 1. The monoisotopic (exact) mass is 359 g/mol. The maximum atomic E-state index is 13.0. The summed E-state index contributed by atoms with van der Waals surface area (Å²) in [6.45, 7) is 1.00. The molecule has 136 valence electrons. The van der Waals surface area contributed by atoms with Gasteiger partial charge in [0.05, 0.1) is 11.7 Å². The summed E-state index contributed by atoms with van der Waals surface area (Å²) < 4.78 is 0. The van der Waals surface area contributed by atoms with E-state index in [1.165, 1.54) is 0 Å². The van der Waals surface area contributed by atoms with Crippen molar-refractivity contribution in [1.29, 1.82) is 0 Å². The van der Waals surface area contributed by atoms with Gasteiger partial charge in [-0.25, -0.2) is 0 Å². The van der Waals surface area contributed by atoms with Gasteiger partial charge in [-0.3, -0.25) is 9.89 Å². The highest BCUT2D eigenvalue weighted by atomic mass is 16.2. The fraction of sp³-hybridized carbons (Fsp3) is 0.143. The first-order valence-electron chi connectivity index (χ1n) is 8.91. The van der Waals surface area contributed by atoms with Gasteiger partial charge in [-0.15, -0.1) is 0 Å². The van der Waals surface area contributed by atoms with E-state index in [0.717, 1.165) is 32.9 Å². The number of nitrogens with two attached hydrogens (primary N) is 1. The zero-order chi connectivity index (χ0) is 18.6. The molecule has 0 spiro atoms. The second-order valence-electron chi connectivity index (χ2n) is 6.44. The minimum absolute atomic E-state index is 0.124. The van der Waals surface area contributed by atoms with Crippen LogP contribution in [0.15, 0.2) is 66.9 Å². The molecule has 0 bridgehead atoms. The number of benzene rings is 3. The maximum Gasteiger partial charge on any atom is 0.246 e. The van der Waals surface area contributed by atoms with Gasteiger partial charge in [0.1, 0.15) is 6.04 Å². The Hall–Kier alpha value is -3.22. The molecule has 4 rings (SSSR count). The molecule has 1 atom stereocenters. The summed E-state index contributed by atoms with van der Waals surface area (Å²) in [6, 6.07) is 19.3. The van der Waals surface area contributed by atoms with Crippen LogP contribution in [0.25, 0.3) is 21.7 Å². The lowest BCUT2D eigenvalue weighted by Gasteiger charge is -2.19. The highest BCUT2D eigenvalue weighted by molar-refractivity contribution is 5.98. The number of hydrogen-bond donors (Lipinski definition) is 4. The fourth-order valence-electron chi connectivity index (χ4n) is 3.21. The number of amides is 1. The molecular formula is C21H21N5O. The second-order valence-corrected chi connectivity index (χ2v) is 6.44. The van der Waals surface area contributed by atoms with Crippen LogP contribution in [-0.4, -0.2) is 29.2 Å². The lowest BCUT2D eigenvalue weighted by Crippen LogP contribution is -2.35. The second kappa shape index (κ2) is 7.57. The highest BCUT2D eigenvalue weighted by Crippen LogP contribution is 2.23. The van der Waals surface area contributed by atoms with Crippen LogP contribution in [-0.2, 0) is 4.79 Å². The van der Waals surface area contributed by atoms with Gasteiger partial charge in [0.2, 0.25) is 5.91 Å². The van der Waals surface area contributed by atoms with Crippen LogP contribution in [0, 0.1) is 0 Å². The van der Waals surface area contributed by atoms with E-state index in [1.54, 1.807) is 6.20 Å². The Bertz CT molecular complexity index is 1090. The first-order chi connectivity index (χ1) is 13.2. The Morgan fingerprint density at radius 3 is 2.74 bits per heavy atom. The van der Waals surface area contributed by atoms with Gasteiger partial charge in [0.15, 0.2) is 0 Å². The van der Waals surface area contributed by atoms with Crippen molar-refractivity contribution in [1.82, 2.24) is 15.5 Å². The smallest absolute Gasteiger partial charge is 0.246 e. The zero-order valence-electron chi connectivity index (χ0n) is 14.8. The summed E-state index contributed by atoms with van der Waals surface area (Å²) in [4.78, 5) is 13.0. The molecule has 27 heavy (non-hydrogen) atoms. The number of aromatic amines is 1. The molecule has 1 amide bonds. The van der Waals surface area contributed by atoms with Crippen molar-refractivity contribution in [3.8, 4) is 0 Å². The molecule has 0 aliphatic rings. The average molecular weight is 359 g/mol. The van der Waals surface area contributed by atoms with E-state index in [9.17, 15) is 4.79 Å². The first kappa shape index (κ1) is 17.2. The van der Waals surface area contributed by atoms with Crippen LogP contribution >= 0.6 is 0 Å². The first-order valence-corrected chi connectivity index (χ1v) is 8.91. The minimum atomic E-state index is -0.488. The van der Waals surface area contributed by atoms with Crippen LogP contribution in [0.1, 0.15) is 11.6 Å². The number of H-pyrrole nitrogens is 1. The molecular weight excluding hydrogens is 338 g/mol. The Balaban J connectivity index is 1.62. The molecule has 0 fully saturated rings. The van der Waals surface area contributed by atoms with Crippen molar-refractivity contribution in [2.75, 3.05) is 18.4 Å². The third kappa shape index (κ3) is 3.67. The topological polar surface area (TPSA) is 95.8 Å². The van der Waals surface area contributed by atoms with Crippen LogP contribution in [0.4, 0.5) is 5.69 Å². The highest BCUT2D eigenvalue weighted by Gasteiger charge is 2.20. The van der Waals surface area contributed by atoms with Gasteiger partial charge < -0.3 is 16.4 Å². The van der Waals surface area contributed by atoms with E-state index in [1.807, 2.05) is 54.6 Å². The fourth-order valence-corrected chi connectivity index (χ4v) is 3.21. The third-order valence-electron chi connectivity index (χ3n) is 4.57. The van der Waals surface area contributed by atoms with E-state index in [0.29, 0.717) is 13.1 Å². The quantitative estimate of drug-likeness (QED) is 0.426. The van der Waals surface area contributed by atoms with Crippen molar-refractivity contribution in [2.45, 2.75) is 6.04 Å². The zero-order valence-corrected chi connectivity index (χ0v) is 14.8. The lowest BCUT2D eigenvalue weighted by molar-refractivity contribution is -0.118. The lowest BCUT2D eigenvalue weighted by atomic mass is 10.0. The molecule has 4 aromatic rings. The van der Waals surface area contributed by atoms with Crippen LogP contribution < -0.4 is 16.4 Å². The van der Waals surface area contributed by atoms with Crippen molar-refractivity contribution < 1.29 is 4.79 Å².